The lowest BCUT2D eigenvalue weighted by Gasteiger charge is -2.04. The topological polar surface area (TPSA) is 17.8 Å². The Kier molecular flexibility index (Phi) is 2.36. The third-order valence-corrected chi connectivity index (χ3v) is 3.26. The SMILES string of the molecule is FC(F)n1c2ccncc2c2ccc(Br)cc21. The van der Waals surface area contributed by atoms with Gasteiger partial charge in [-0.3, -0.25) is 9.55 Å². The normalized spacial score (nSPS) is 11.8. The van der Waals surface area contributed by atoms with E-state index in [9.17, 15) is 8.78 Å². The molecule has 0 N–H and O–H groups in total. The molecule has 0 atom stereocenters. The van der Waals surface area contributed by atoms with Gasteiger partial charge in [-0.05, 0) is 18.2 Å². The first-order valence-electron chi connectivity index (χ1n) is 5.00. The van der Waals surface area contributed by atoms with Crippen LogP contribution in [0.1, 0.15) is 6.55 Å². The smallest absolute Gasteiger partial charge is 0.284 e. The van der Waals surface area contributed by atoms with Gasteiger partial charge in [-0.2, -0.15) is 8.78 Å². The van der Waals surface area contributed by atoms with E-state index in [1.807, 2.05) is 12.1 Å². The number of hydrogen-bond acceptors (Lipinski definition) is 1. The molecule has 0 bridgehead atoms. The number of alkyl halides is 2. The zero-order chi connectivity index (χ0) is 12.0. The minimum atomic E-state index is -2.56. The van der Waals surface area contributed by atoms with Crippen LogP contribution >= 0.6 is 15.9 Å². The molecule has 0 radical (unpaired) electrons. The standard InChI is InChI=1S/C12H7BrF2N2/c13-7-1-2-8-9-6-16-4-3-10(9)17(12(14)15)11(8)5-7/h1-6,12H. The molecule has 3 aromatic rings. The predicted octanol–water partition coefficient (Wildman–Crippen LogP) is 4.35. The number of nitrogens with zero attached hydrogens (tertiary/aromatic N) is 2. The van der Waals surface area contributed by atoms with Gasteiger partial charge in [-0.25, -0.2) is 0 Å². The molecule has 0 unspecified atom stereocenters. The first-order valence-corrected chi connectivity index (χ1v) is 5.79. The molecule has 1 aromatic carbocycles. The monoisotopic (exact) mass is 296 g/mol. The number of rotatable bonds is 1. The van der Waals surface area contributed by atoms with E-state index in [0.717, 1.165) is 19.8 Å². The molecule has 0 spiro atoms. The van der Waals surface area contributed by atoms with Crippen LogP contribution in [0, 0.1) is 0 Å². The van der Waals surface area contributed by atoms with E-state index in [0.29, 0.717) is 11.0 Å². The van der Waals surface area contributed by atoms with E-state index in [-0.39, 0.29) is 0 Å². The van der Waals surface area contributed by atoms with Crippen molar-refractivity contribution in [2.45, 2.75) is 6.55 Å². The van der Waals surface area contributed by atoms with Gasteiger partial charge in [0.1, 0.15) is 0 Å². The van der Waals surface area contributed by atoms with Gasteiger partial charge in [0, 0.05) is 27.6 Å². The fourth-order valence-electron chi connectivity index (χ4n) is 2.08. The van der Waals surface area contributed by atoms with Gasteiger partial charge >= 0.3 is 6.55 Å². The van der Waals surface area contributed by atoms with Crippen LogP contribution in [-0.2, 0) is 0 Å². The minimum absolute atomic E-state index is 0.503. The fraction of sp³-hybridized carbons (Fsp3) is 0.0833. The lowest BCUT2D eigenvalue weighted by atomic mass is 10.2. The van der Waals surface area contributed by atoms with E-state index in [1.54, 1.807) is 18.3 Å². The minimum Gasteiger partial charge on any atom is -0.284 e. The number of fused-ring (bicyclic) bond motifs is 3. The lowest BCUT2D eigenvalue weighted by molar-refractivity contribution is 0.0796. The van der Waals surface area contributed by atoms with Crippen molar-refractivity contribution in [2.75, 3.05) is 0 Å². The molecule has 0 saturated heterocycles. The Labute approximate surface area is 104 Å². The van der Waals surface area contributed by atoms with Crippen molar-refractivity contribution in [3.8, 4) is 0 Å². The van der Waals surface area contributed by atoms with Crippen LogP contribution in [0.3, 0.4) is 0 Å². The summed E-state index contributed by atoms with van der Waals surface area (Å²) in [6.07, 6.45) is 3.14. The first-order chi connectivity index (χ1) is 8.18. The second-order valence-electron chi connectivity index (χ2n) is 3.70. The number of halogens is 3. The summed E-state index contributed by atoms with van der Waals surface area (Å²) >= 11 is 3.30. The lowest BCUT2D eigenvalue weighted by Crippen LogP contribution is -1.96. The summed E-state index contributed by atoms with van der Waals surface area (Å²) in [6, 6.07) is 6.96. The number of benzene rings is 1. The van der Waals surface area contributed by atoms with E-state index in [1.165, 1.54) is 6.20 Å². The van der Waals surface area contributed by atoms with Gasteiger partial charge in [0.15, 0.2) is 0 Å². The maximum Gasteiger partial charge on any atom is 0.319 e. The Hall–Kier alpha value is -1.49. The fourth-order valence-corrected chi connectivity index (χ4v) is 2.43. The van der Waals surface area contributed by atoms with Gasteiger partial charge in [0.05, 0.1) is 11.0 Å². The van der Waals surface area contributed by atoms with Crippen molar-refractivity contribution < 1.29 is 8.78 Å². The molecule has 2 aromatic heterocycles. The van der Waals surface area contributed by atoms with Crippen LogP contribution in [0.2, 0.25) is 0 Å². The Morgan fingerprint density at radius 2 is 1.94 bits per heavy atom. The molecule has 17 heavy (non-hydrogen) atoms. The molecule has 0 aliphatic heterocycles. The van der Waals surface area contributed by atoms with Gasteiger partial charge < -0.3 is 0 Å². The van der Waals surface area contributed by atoms with E-state index >= 15 is 0 Å². The maximum absolute atomic E-state index is 13.1. The van der Waals surface area contributed by atoms with Crippen molar-refractivity contribution >= 4 is 37.7 Å². The molecule has 2 nitrogen and oxygen atoms in total. The van der Waals surface area contributed by atoms with Crippen LogP contribution in [0.15, 0.2) is 41.1 Å². The zero-order valence-corrected chi connectivity index (χ0v) is 10.2. The molecule has 0 fully saturated rings. The highest BCUT2D eigenvalue weighted by Gasteiger charge is 2.16. The Morgan fingerprint density at radius 1 is 1.12 bits per heavy atom. The van der Waals surface area contributed by atoms with Crippen molar-refractivity contribution in [3.63, 3.8) is 0 Å². The molecule has 5 heteroatoms. The summed E-state index contributed by atoms with van der Waals surface area (Å²) in [7, 11) is 0. The van der Waals surface area contributed by atoms with Crippen LogP contribution in [-0.4, -0.2) is 9.55 Å². The quantitative estimate of drug-likeness (QED) is 0.653. The molecule has 0 aliphatic carbocycles. The molecular weight excluding hydrogens is 290 g/mol. The second kappa shape index (κ2) is 3.77. The average Bonchev–Trinajstić information content (AvgIpc) is 2.62. The zero-order valence-electron chi connectivity index (χ0n) is 8.57. The Bertz CT molecular complexity index is 706. The number of hydrogen-bond donors (Lipinski definition) is 0. The van der Waals surface area contributed by atoms with E-state index in [4.69, 9.17) is 0 Å². The van der Waals surface area contributed by atoms with Crippen molar-refractivity contribution in [1.82, 2.24) is 9.55 Å². The molecule has 86 valence electrons. The molecule has 0 aliphatic rings. The molecule has 3 rings (SSSR count). The third kappa shape index (κ3) is 1.53. The van der Waals surface area contributed by atoms with Crippen LogP contribution in [0.25, 0.3) is 21.8 Å². The van der Waals surface area contributed by atoms with Crippen LogP contribution in [0.4, 0.5) is 8.78 Å². The third-order valence-electron chi connectivity index (χ3n) is 2.76. The second-order valence-corrected chi connectivity index (χ2v) is 4.62. The van der Waals surface area contributed by atoms with Crippen molar-refractivity contribution in [2.24, 2.45) is 0 Å². The summed E-state index contributed by atoms with van der Waals surface area (Å²) in [6.45, 7) is -2.56. The van der Waals surface area contributed by atoms with E-state index in [2.05, 4.69) is 20.9 Å². The van der Waals surface area contributed by atoms with Gasteiger partial charge in [0.2, 0.25) is 0 Å². The van der Waals surface area contributed by atoms with Crippen LogP contribution in [0.5, 0.6) is 0 Å². The molecule has 0 amide bonds. The summed E-state index contributed by atoms with van der Waals surface area (Å²) < 4.78 is 28.0. The highest BCUT2D eigenvalue weighted by atomic mass is 79.9. The van der Waals surface area contributed by atoms with E-state index < -0.39 is 6.55 Å². The predicted molar refractivity (Wildman–Crippen MR) is 66.2 cm³/mol. The molecule has 0 saturated carbocycles. The summed E-state index contributed by atoms with van der Waals surface area (Å²) in [4.78, 5) is 3.99. The highest BCUT2D eigenvalue weighted by molar-refractivity contribution is 9.10. The Morgan fingerprint density at radius 3 is 2.71 bits per heavy atom. The van der Waals surface area contributed by atoms with Gasteiger partial charge in [-0.1, -0.05) is 22.0 Å². The Balaban J connectivity index is 2.57. The number of pyridine rings is 1. The average molecular weight is 297 g/mol. The van der Waals surface area contributed by atoms with Gasteiger partial charge in [-0.15, -0.1) is 0 Å². The maximum atomic E-state index is 13.1. The largest absolute Gasteiger partial charge is 0.319 e. The van der Waals surface area contributed by atoms with Crippen LogP contribution < -0.4 is 0 Å². The summed E-state index contributed by atoms with van der Waals surface area (Å²) in [5.41, 5.74) is 1.01. The highest BCUT2D eigenvalue weighted by Crippen LogP contribution is 2.33. The summed E-state index contributed by atoms with van der Waals surface area (Å²) in [5, 5.41) is 1.53. The molecule has 2 heterocycles. The van der Waals surface area contributed by atoms with Crippen molar-refractivity contribution in [1.29, 1.82) is 0 Å². The van der Waals surface area contributed by atoms with Gasteiger partial charge in [0.25, 0.3) is 0 Å². The van der Waals surface area contributed by atoms with Crippen molar-refractivity contribution in [3.05, 3.63) is 41.1 Å². The molecular formula is C12H7BrF2N2. The number of aromatic nitrogens is 2. The summed E-state index contributed by atoms with van der Waals surface area (Å²) in [5.74, 6) is 0. The first kappa shape index (κ1) is 10.7.